The number of hydrogen-bond donors (Lipinski definition) is 1. The first kappa shape index (κ1) is 10.5. The van der Waals surface area contributed by atoms with Crippen LogP contribution in [0.4, 0.5) is 0 Å². The molecule has 1 aliphatic heterocycles. The lowest BCUT2D eigenvalue weighted by Crippen LogP contribution is -2.48. The van der Waals surface area contributed by atoms with E-state index in [-0.39, 0.29) is 12.0 Å². The summed E-state index contributed by atoms with van der Waals surface area (Å²) in [7, 11) is 1.69. The van der Waals surface area contributed by atoms with E-state index in [1.165, 1.54) is 0 Å². The molecule has 0 aliphatic carbocycles. The Morgan fingerprint density at radius 1 is 1.69 bits per heavy atom. The quantitative estimate of drug-likeness (QED) is 0.659. The van der Waals surface area contributed by atoms with Gasteiger partial charge in [-0.1, -0.05) is 0 Å². The zero-order valence-corrected chi connectivity index (χ0v) is 8.32. The molecule has 4 nitrogen and oxygen atoms in total. The van der Waals surface area contributed by atoms with Crippen molar-refractivity contribution in [1.29, 1.82) is 0 Å². The fourth-order valence-corrected chi connectivity index (χ4v) is 1.62. The summed E-state index contributed by atoms with van der Waals surface area (Å²) >= 11 is 0. The van der Waals surface area contributed by atoms with Gasteiger partial charge in [-0.05, 0) is 19.8 Å². The summed E-state index contributed by atoms with van der Waals surface area (Å²) in [6.45, 7) is 3.23. The minimum absolute atomic E-state index is 0.0294. The summed E-state index contributed by atoms with van der Waals surface area (Å²) in [5.41, 5.74) is 5.52. The second-order valence-electron chi connectivity index (χ2n) is 3.57. The minimum Gasteiger partial charge on any atom is -0.380 e. The zero-order valence-electron chi connectivity index (χ0n) is 8.32. The van der Waals surface area contributed by atoms with E-state index in [9.17, 15) is 4.79 Å². The smallest absolute Gasteiger partial charge is 0.239 e. The van der Waals surface area contributed by atoms with Gasteiger partial charge in [-0.2, -0.15) is 0 Å². The molecule has 0 radical (unpaired) electrons. The predicted molar refractivity (Wildman–Crippen MR) is 50.3 cm³/mol. The molecular weight excluding hydrogens is 168 g/mol. The summed E-state index contributed by atoms with van der Waals surface area (Å²) in [5.74, 6) is 0.0294. The number of amides is 1. The number of likely N-dealkylation sites (tertiary alicyclic amines) is 1. The van der Waals surface area contributed by atoms with Crippen LogP contribution in [0.3, 0.4) is 0 Å². The van der Waals surface area contributed by atoms with Crippen molar-refractivity contribution in [2.45, 2.75) is 31.9 Å². The first-order valence-electron chi connectivity index (χ1n) is 4.72. The van der Waals surface area contributed by atoms with Crippen LogP contribution < -0.4 is 5.73 Å². The standard InChI is InChI=1S/C9H18N2O2/c1-7(10)9(12)11-5-3-4-8(6-11)13-2/h7-8H,3-6,10H2,1-2H3/t7-,8?/m1/s1. The molecule has 76 valence electrons. The molecule has 4 heteroatoms. The van der Waals surface area contributed by atoms with Crippen LogP contribution in [-0.4, -0.2) is 43.2 Å². The maximum Gasteiger partial charge on any atom is 0.239 e. The first-order valence-corrected chi connectivity index (χ1v) is 4.72. The molecule has 0 saturated carbocycles. The number of ether oxygens (including phenoxy) is 1. The minimum atomic E-state index is -0.393. The van der Waals surface area contributed by atoms with Crippen LogP contribution in [0.15, 0.2) is 0 Å². The van der Waals surface area contributed by atoms with Gasteiger partial charge in [0.05, 0.1) is 12.1 Å². The molecule has 2 N–H and O–H groups in total. The van der Waals surface area contributed by atoms with E-state index in [1.807, 2.05) is 0 Å². The highest BCUT2D eigenvalue weighted by Crippen LogP contribution is 2.12. The van der Waals surface area contributed by atoms with Crippen molar-refractivity contribution in [2.75, 3.05) is 20.2 Å². The van der Waals surface area contributed by atoms with Crippen LogP contribution in [0.2, 0.25) is 0 Å². The van der Waals surface area contributed by atoms with E-state index < -0.39 is 6.04 Å². The van der Waals surface area contributed by atoms with Crippen LogP contribution >= 0.6 is 0 Å². The molecule has 1 amide bonds. The van der Waals surface area contributed by atoms with Crippen molar-refractivity contribution in [3.63, 3.8) is 0 Å². The topological polar surface area (TPSA) is 55.6 Å². The van der Waals surface area contributed by atoms with Gasteiger partial charge >= 0.3 is 0 Å². The molecule has 0 aromatic heterocycles. The lowest BCUT2D eigenvalue weighted by molar-refractivity contribution is -0.135. The van der Waals surface area contributed by atoms with Gasteiger partial charge in [0.2, 0.25) is 5.91 Å². The fraction of sp³-hybridized carbons (Fsp3) is 0.889. The third kappa shape index (κ3) is 2.67. The van der Waals surface area contributed by atoms with E-state index in [2.05, 4.69) is 0 Å². The van der Waals surface area contributed by atoms with E-state index in [0.29, 0.717) is 6.54 Å². The highest BCUT2D eigenvalue weighted by atomic mass is 16.5. The number of nitrogens with zero attached hydrogens (tertiary/aromatic N) is 1. The summed E-state index contributed by atoms with van der Waals surface area (Å²) in [4.78, 5) is 13.3. The van der Waals surface area contributed by atoms with Crippen molar-refractivity contribution in [2.24, 2.45) is 5.73 Å². The molecule has 1 saturated heterocycles. The van der Waals surface area contributed by atoms with Gasteiger partial charge in [0.15, 0.2) is 0 Å². The van der Waals surface area contributed by atoms with Crippen molar-refractivity contribution in [3.8, 4) is 0 Å². The maximum absolute atomic E-state index is 11.5. The molecule has 0 bridgehead atoms. The molecular formula is C9H18N2O2. The average molecular weight is 186 g/mol. The molecule has 1 rings (SSSR count). The van der Waals surface area contributed by atoms with E-state index in [0.717, 1.165) is 19.4 Å². The number of nitrogens with two attached hydrogens (primary N) is 1. The highest BCUT2D eigenvalue weighted by molar-refractivity contribution is 5.81. The molecule has 1 aliphatic rings. The number of hydrogen-bond acceptors (Lipinski definition) is 3. The van der Waals surface area contributed by atoms with Gasteiger partial charge in [-0.3, -0.25) is 4.79 Å². The molecule has 0 spiro atoms. The monoisotopic (exact) mass is 186 g/mol. The summed E-state index contributed by atoms with van der Waals surface area (Å²) in [6.07, 6.45) is 2.24. The Bertz CT molecular complexity index is 182. The van der Waals surface area contributed by atoms with E-state index in [4.69, 9.17) is 10.5 Å². The number of carbonyl (C=O) groups is 1. The van der Waals surface area contributed by atoms with Crippen molar-refractivity contribution >= 4 is 5.91 Å². The van der Waals surface area contributed by atoms with Crippen LogP contribution in [0.5, 0.6) is 0 Å². The third-order valence-electron chi connectivity index (χ3n) is 2.41. The lowest BCUT2D eigenvalue weighted by Gasteiger charge is -2.32. The molecule has 0 aromatic carbocycles. The van der Waals surface area contributed by atoms with Gasteiger partial charge < -0.3 is 15.4 Å². The predicted octanol–water partition coefficient (Wildman–Crippen LogP) is -0.0290. The maximum atomic E-state index is 11.5. The lowest BCUT2D eigenvalue weighted by atomic mass is 10.1. The summed E-state index contributed by atoms with van der Waals surface area (Å²) < 4.78 is 5.22. The van der Waals surface area contributed by atoms with E-state index >= 15 is 0 Å². The highest BCUT2D eigenvalue weighted by Gasteiger charge is 2.24. The second-order valence-corrected chi connectivity index (χ2v) is 3.57. The van der Waals surface area contributed by atoms with Crippen LogP contribution in [0.25, 0.3) is 0 Å². The summed E-state index contributed by atoms with van der Waals surface area (Å²) in [6, 6.07) is -0.393. The Balaban J connectivity index is 2.46. The van der Waals surface area contributed by atoms with Crippen LogP contribution in [0, 0.1) is 0 Å². The Morgan fingerprint density at radius 3 is 2.92 bits per heavy atom. The molecule has 1 heterocycles. The average Bonchev–Trinajstić information content (AvgIpc) is 2.16. The number of carbonyl (C=O) groups excluding carboxylic acids is 1. The van der Waals surface area contributed by atoms with Gasteiger partial charge in [0, 0.05) is 20.2 Å². The molecule has 13 heavy (non-hydrogen) atoms. The van der Waals surface area contributed by atoms with Crippen molar-refractivity contribution in [1.82, 2.24) is 4.90 Å². The Morgan fingerprint density at radius 2 is 2.38 bits per heavy atom. The number of piperidine rings is 1. The van der Waals surface area contributed by atoms with E-state index in [1.54, 1.807) is 18.9 Å². The Kier molecular flexibility index (Phi) is 3.69. The molecule has 0 aromatic rings. The fourth-order valence-electron chi connectivity index (χ4n) is 1.62. The normalized spacial score (nSPS) is 25.8. The number of methoxy groups -OCH3 is 1. The van der Waals surface area contributed by atoms with Gasteiger partial charge in [0.25, 0.3) is 0 Å². The molecule has 1 unspecified atom stereocenters. The van der Waals surface area contributed by atoms with Gasteiger partial charge in [0.1, 0.15) is 0 Å². The SMILES string of the molecule is COC1CCCN(C(=O)[C@@H](C)N)C1. The molecule has 1 fully saturated rings. The summed E-state index contributed by atoms with van der Waals surface area (Å²) in [5, 5.41) is 0. The van der Waals surface area contributed by atoms with Gasteiger partial charge in [-0.25, -0.2) is 0 Å². The zero-order chi connectivity index (χ0) is 9.84. The Hall–Kier alpha value is -0.610. The Labute approximate surface area is 79.0 Å². The first-order chi connectivity index (χ1) is 6.15. The van der Waals surface area contributed by atoms with Crippen molar-refractivity contribution < 1.29 is 9.53 Å². The largest absolute Gasteiger partial charge is 0.380 e. The number of rotatable bonds is 2. The van der Waals surface area contributed by atoms with Crippen LogP contribution in [-0.2, 0) is 9.53 Å². The van der Waals surface area contributed by atoms with Crippen LogP contribution in [0.1, 0.15) is 19.8 Å². The third-order valence-corrected chi connectivity index (χ3v) is 2.41. The second kappa shape index (κ2) is 4.58. The molecule has 2 atom stereocenters. The van der Waals surface area contributed by atoms with Crippen molar-refractivity contribution in [3.05, 3.63) is 0 Å². The van der Waals surface area contributed by atoms with Gasteiger partial charge in [-0.15, -0.1) is 0 Å².